The summed E-state index contributed by atoms with van der Waals surface area (Å²) in [4.78, 5) is 16.8. The number of aromatic amines is 1. The lowest BCUT2D eigenvalue weighted by atomic mass is 10.2. The van der Waals surface area contributed by atoms with Crippen LogP contribution >= 0.6 is 11.8 Å². The van der Waals surface area contributed by atoms with E-state index >= 15 is 0 Å². The van der Waals surface area contributed by atoms with Gasteiger partial charge < -0.3 is 14.8 Å². The van der Waals surface area contributed by atoms with Gasteiger partial charge in [-0.1, -0.05) is 18.2 Å². The molecule has 7 nitrogen and oxygen atoms in total. The van der Waals surface area contributed by atoms with Crippen LogP contribution in [0, 0.1) is 0 Å². The van der Waals surface area contributed by atoms with Crippen LogP contribution in [0.2, 0.25) is 0 Å². The SMILES string of the molecule is CCOc1ccc(OCC)c(NC(=O)CSc2nc[nH][n+]2-c2ccccc2)c1. The molecule has 0 aliphatic carbocycles. The van der Waals surface area contributed by atoms with Crippen molar-refractivity contribution in [3.8, 4) is 17.2 Å². The van der Waals surface area contributed by atoms with Gasteiger partial charge in [0.2, 0.25) is 12.2 Å². The summed E-state index contributed by atoms with van der Waals surface area (Å²) in [6.07, 6.45) is 1.60. The molecule has 3 rings (SSSR count). The predicted molar refractivity (Wildman–Crippen MR) is 108 cm³/mol. The number of anilines is 1. The van der Waals surface area contributed by atoms with E-state index in [9.17, 15) is 4.79 Å². The smallest absolute Gasteiger partial charge is 0.385 e. The van der Waals surface area contributed by atoms with Gasteiger partial charge in [-0.25, -0.2) is 0 Å². The molecule has 0 spiro atoms. The summed E-state index contributed by atoms with van der Waals surface area (Å²) in [6, 6.07) is 15.2. The maximum atomic E-state index is 12.5. The van der Waals surface area contributed by atoms with Gasteiger partial charge in [0.1, 0.15) is 11.5 Å². The van der Waals surface area contributed by atoms with Crippen LogP contribution in [0.15, 0.2) is 60.0 Å². The van der Waals surface area contributed by atoms with Crippen LogP contribution in [-0.2, 0) is 4.79 Å². The first-order valence-corrected chi connectivity index (χ1v) is 10.0. The Bertz CT molecular complexity index is 915. The number of ether oxygens (including phenoxy) is 2. The van der Waals surface area contributed by atoms with E-state index in [4.69, 9.17) is 9.47 Å². The molecule has 0 bridgehead atoms. The Morgan fingerprint density at radius 1 is 1.14 bits per heavy atom. The summed E-state index contributed by atoms with van der Waals surface area (Å²) < 4.78 is 12.9. The summed E-state index contributed by atoms with van der Waals surface area (Å²) in [5, 5.41) is 6.67. The van der Waals surface area contributed by atoms with Crippen molar-refractivity contribution in [2.75, 3.05) is 24.3 Å². The Morgan fingerprint density at radius 3 is 2.68 bits per heavy atom. The molecule has 0 aliphatic rings. The molecule has 0 atom stereocenters. The first-order chi connectivity index (χ1) is 13.7. The summed E-state index contributed by atoms with van der Waals surface area (Å²) in [6.45, 7) is 4.88. The van der Waals surface area contributed by atoms with Crippen molar-refractivity contribution in [3.63, 3.8) is 0 Å². The van der Waals surface area contributed by atoms with Gasteiger partial charge in [-0.2, -0.15) is 5.10 Å². The van der Waals surface area contributed by atoms with Crippen molar-refractivity contribution in [3.05, 3.63) is 54.9 Å². The number of thioether (sulfide) groups is 1. The fraction of sp³-hybridized carbons (Fsp3) is 0.250. The monoisotopic (exact) mass is 399 g/mol. The number of rotatable bonds is 9. The van der Waals surface area contributed by atoms with Crippen LogP contribution in [-0.4, -0.2) is 35.0 Å². The third-order valence-corrected chi connectivity index (χ3v) is 4.69. The molecule has 0 radical (unpaired) electrons. The molecular weight excluding hydrogens is 376 g/mol. The van der Waals surface area contributed by atoms with E-state index in [2.05, 4.69) is 15.4 Å². The summed E-state index contributed by atoms with van der Waals surface area (Å²) in [7, 11) is 0. The van der Waals surface area contributed by atoms with E-state index < -0.39 is 0 Å². The molecule has 146 valence electrons. The molecule has 0 aliphatic heterocycles. The number of aromatic nitrogens is 3. The Labute approximate surface area is 168 Å². The van der Waals surface area contributed by atoms with Crippen LogP contribution in [0.3, 0.4) is 0 Å². The highest BCUT2D eigenvalue weighted by molar-refractivity contribution is 7.99. The molecule has 2 N–H and O–H groups in total. The van der Waals surface area contributed by atoms with E-state index in [0.717, 1.165) is 5.69 Å². The van der Waals surface area contributed by atoms with E-state index in [0.29, 0.717) is 35.6 Å². The van der Waals surface area contributed by atoms with E-state index in [1.54, 1.807) is 18.5 Å². The molecule has 2 aromatic carbocycles. The van der Waals surface area contributed by atoms with Crippen LogP contribution < -0.4 is 19.5 Å². The number of nitrogens with one attached hydrogen (secondary N) is 2. The van der Waals surface area contributed by atoms with Crippen LogP contribution in [0.1, 0.15) is 13.8 Å². The maximum absolute atomic E-state index is 12.5. The topological polar surface area (TPSA) is 80.1 Å². The third-order valence-electron chi connectivity index (χ3n) is 3.74. The van der Waals surface area contributed by atoms with Gasteiger partial charge in [0.25, 0.3) is 0 Å². The van der Waals surface area contributed by atoms with E-state index in [1.807, 2.05) is 54.9 Å². The van der Waals surface area contributed by atoms with Crippen molar-refractivity contribution >= 4 is 23.4 Å². The molecule has 1 amide bonds. The fourth-order valence-electron chi connectivity index (χ4n) is 2.58. The molecule has 3 aromatic rings. The standard InChI is InChI=1S/C20H22N4O3S/c1-3-26-16-10-11-18(27-4-2)17(12-16)23-19(25)13-28-20-21-14-22-24(20)15-8-6-5-7-9-15/h5-12,14H,3-4,13H2,1-2H3,(H,23,25)/p+1. The largest absolute Gasteiger partial charge is 0.494 e. The molecule has 8 heteroatoms. The minimum atomic E-state index is -0.151. The number of benzene rings is 2. The molecular formula is C20H23N4O3S+. The molecule has 0 fully saturated rings. The van der Waals surface area contributed by atoms with Crippen molar-refractivity contribution in [1.82, 2.24) is 10.1 Å². The zero-order chi connectivity index (χ0) is 19.8. The van der Waals surface area contributed by atoms with Crippen LogP contribution in [0.25, 0.3) is 5.69 Å². The number of para-hydroxylation sites is 1. The average molecular weight is 399 g/mol. The Hall–Kier alpha value is -3.00. The van der Waals surface area contributed by atoms with E-state index in [1.165, 1.54) is 11.8 Å². The number of hydrogen-bond donors (Lipinski definition) is 2. The molecule has 0 saturated carbocycles. The lowest BCUT2D eigenvalue weighted by Crippen LogP contribution is -2.35. The highest BCUT2D eigenvalue weighted by Crippen LogP contribution is 2.29. The lowest BCUT2D eigenvalue weighted by molar-refractivity contribution is -0.694. The Kier molecular flexibility index (Phi) is 6.91. The molecule has 1 aromatic heterocycles. The maximum Gasteiger partial charge on any atom is 0.385 e. The molecule has 28 heavy (non-hydrogen) atoms. The van der Waals surface area contributed by atoms with Crippen LogP contribution in [0.5, 0.6) is 11.5 Å². The highest BCUT2D eigenvalue weighted by Gasteiger charge is 2.19. The Balaban J connectivity index is 1.67. The van der Waals surface area contributed by atoms with Gasteiger partial charge in [-0.05, 0) is 54.9 Å². The fourth-order valence-corrected chi connectivity index (χ4v) is 3.33. The quantitative estimate of drug-likeness (QED) is 0.427. The van der Waals surface area contributed by atoms with Gasteiger partial charge >= 0.3 is 5.16 Å². The summed E-state index contributed by atoms with van der Waals surface area (Å²) in [5.41, 5.74) is 1.54. The van der Waals surface area contributed by atoms with Crippen LogP contribution in [0.4, 0.5) is 5.69 Å². The lowest BCUT2D eigenvalue weighted by Gasteiger charge is -2.13. The Morgan fingerprint density at radius 2 is 1.93 bits per heavy atom. The first-order valence-electron chi connectivity index (χ1n) is 9.04. The number of H-pyrrole nitrogens is 1. The predicted octanol–water partition coefficient (Wildman–Crippen LogP) is 3.21. The van der Waals surface area contributed by atoms with Crippen molar-refractivity contribution in [1.29, 1.82) is 0 Å². The summed E-state index contributed by atoms with van der Waals surface area (Å²) >= 11 is 1.35. The third kappa shape index (κ3) is 5.04. The average Bonchev–Trinajstić information content (AvgIpc) is 3.18. The second-order valence-electron chi connectivity index (χ2n) is 5.70. The van der Waals surface area contributed by atoms with Gasteiger partial charge in [0, 0.05) is 6.07 Å². The highest BCUT2D eigenvalue weighted by atomic mass is 32.2. The van der Waals surface area contributed by atoms with Gasteiger partial charge in [0.05, 0.1) is 24.7 Å². The van der Waals surface area contributed by atoms with Crippen molar-refractivity contribution in [2.45, 2.75) is 19.0 Å². The van der Waals surface area contributed by atoms with Gasteiger partial charge in [-0.3, -0.25) is 4.79 Å². The number of hydrogen-bond acceptors (Lipinski definition) is 5. The van der Waals surface area contributed by atoms with Crippen molar-refractivity contribution < 1.29 is 19.0 Å². The number of nitrogens with zero attached hydrogens (tertiary/aromatic N) is 2. The van der Waals surface area contributed by atoms with E-state index in [-0.39, 0.29) is 11.7 Å². The second kappa shape index (κ2) is 9.80. The van der Waals surface area contributed by atoms with Gasteiger partial charge in [-0.15, -0.1) is 4.68 Å². The normalized spacial score (nSPS) is 10.5. The number of carbonyl (C=O) groups is 1. The first kappa shape index (κ1) is 19.8. The molecule has 1 heterocycles. The number of amides is 1. The second-order valence-corrected chi connectivity index (χ2v) is 6.64. The van der Waals surface area contributed by atoms with Crippen molar-refractivity contribution in [2.24, 2.45) is 0 Å². The molecule has 0 unspecified atom stereocenters. The zero-order valence-corrected chi connectivity index (χ0v) is 16.7. The summed E-state index contributed by atoms with van der Waals surface area (Å²) in [5.74, 6) is 1.36. The zero-order valence-electron chi connectivity index (χ0n) is 15.8. The molecule has 0 saturated heterocycles. The minimum absolute atomic E-state index is 0.151. The minimum Gasteiger partial charge on any atom is -0.494 e. The van der Waals surface area contributed by atoms with Gasteiger partial charge in [0.15, 0.2) is 5.69 Å². The number of carbonyl (C=O) groups excluding carboxylic acids is 1.